The molecular formula is C13H14N2O2. The Kier molecular flexibility index (Phi) is 2.97. The van der Waals surface area contributed by atoms with Gasteiger partial charge in [0.1, 0.15) is 0 Å². The number of hydroxylamine groups is 1. The Morgan fingerprint density at radius 3 is 2.29 bits per heavy atom. The number of carbonyl (C=O) groups is 1. The monoisotopic (exact) mass is 230 g/mol. The second-order valence-electron chi connectivity index (χ2n) is 3.91. The maximum atomic E-state index is 11.6. The zero-order valence-corrected chi connectivity index (χ0v) is 9.77. The van der Waals surface area contributed by atoms with Gasteiger partial charge in [0.05, 0.1) is 11.3 Å². The third kappa shape index (κ3) is 1.94. The number of hydrogen-bond acceptors (Lipinski definition) is 2. The standard InChI is InChI=1S/C13H14N2O2/c1-9-7-8-10(2)15(9)12-6-4-3-5-11(12)13(16)14-17/h3-8,17H,1-2H3,(H,14,16). The number of para-hydroxylation sites is 1. The molecule has 1 heterocycles. The van der Waals surface area contributed by atoms with E-state index in [1.807, 2.05) is 42.7 Å². The van der Waals surface area contributed by atoms with E-state index in [1.54, 1.807) is 17.6 Å². The summed E-state index contributed by atoms with van der Waals surface area (Å²) in [4.78, 5) is 11.6. The van der Waals surface area contributed by atoms with E-state index in [9.17, 15) is 4.79 Å². The Hall–Kier alpha value is -2.07. The Balaban J connectivity index is 2.64. The fourth-order valence-corrected chi connectivity index (χ4v) is 1.97. The van der Waals surface area contributed by atoms with Crippen molar-refractivity contribution in [3.63, 3.8) is 0 Å². The number of nitrogens with zero attached hydrogens (tertiary/aromatic N) is 1. The zero-order valence-electron chi connectivity index (χ0n) is 9.77. The molecule has 17 heavy (non-hydrogen) atoms. The molecule has 1 aromatic heterocycles. The summed E-state index contributed by atoms with van der Waals surface area (Å²) in [5.74, 6) is -0.506. The van der Waals surface area contributed by atoms with E-state index in [0.29, 0.717) is 5.56 Å². The minimum atomic E-state index is -0.506. The topological polar surface area (TPSA) is 54.3 Å². The van der Waals surface area contributed by atoms with E-state index >= 15 is 0 Å². The third-order valence-electron chi connectivity index (χ3n) is 2.76. The molecule has 0 fully saturated rings. The Bertz CT molecular complexity index is 539. The van der Waals surface area contributed by atoms with Gasteiger partial charge in [0, 0.05) is 11.4 Å². The highest BCUT2D eigenvalue weighted by atomic mass is 16.5. The molecule has 2 N–H and O–H groups in total. The number of nitrogens with one attached hydrogen (secondary N) is 1. The first-order chi connectivity index (χ1) is 8.15. The molecule has 88 valence electrons. The van der Waals surface area contributed by atoms with Gasteiger partial charge in [-0.3, -0.25) is 10.0 Å². The van der Waals surface area contributed by atoms with Crippen LogP contribution in [0.3, 0.4) is 0 Å². The van der Waals surface area contributed by atoms with Crippen molar-refractivity contribution in [1.29, 1.82) is 0 Å². The summed E-state index contributed by atoms with van der Waals surface area (Å²) >= 11 is 0. The number of benzene rings is 1. The van der Waals surface area contributed by atoms with Crippen molar-refractivity contribution in [3.8, 4) is 5.69 Å². The Labute approximate surface area is 99.5 Å². The summed E-state index contributed by atoms with van der Waals surface area (Å²) < 4.78 is 1.98. The first kappa shape index (κ1) is 11.4. The Morgan fingerprint density at radius 1 is 1.12 bits per heavy atom. The summed E-state index contributed by atoms with van der Waals surface area (Å²) in [5, 5.41) is 8.74. The van der Waals surface area contributed by atoms with Crippen molar-refractivity contribution >= 4 is 5.91 Å². The molecule has 4 nitrogen and oxygen atoms in total. The fourth-order valence-electron chi connectivity index (χ4n) is 1.97. The first-order valence-corrected chi connectivity index (χ1v) is 5.34. The van der Waals surface area contributed by atoms with Gasteiger partial charge in [-0.1, -0.05) is 12.1 Å². The highest BCUT2D eigenvalue weighted by Gasteiger charge is 2.13. The second-order valence-corrected chi connectivity index (χ2v) is 3.91. The van der Waals surface area contributed by atoms with Gasteiger partial charge >= 0.3 is 0 Å². The summed E-state index contributed by atoms with van der Waals surface area (Å²) in [7, 11) is 0. The number of amides is 1. The van der Waals surface area contributed by atoms with Gasteiger partial charge in [-0.05, 0) is 38.1 Å². The molecule has 4 heteroatoms. The molecule has 0 aliphatic carbocycles. The van der Waals surface area contributed by atoms with Crippen LogP contribution >= 0.6 is 0 Å². The molecule has 0 unspecified atom stereocenters. The van der Waals surface area contributed by atoms with Gasteiger partial charge < -0.3 is 4.57 Å². The molecule has 0 aliphatic heterocycles. The fraction of sp³-hybridized carbons (Fsp3) is 0.154. The van der Waals surface area contributed by atoms with Crippen LogP contribution in [0.2, 0.25) is 0 Å². The summed E-state index contributed by atoms with van der Waals surface area (Å²) in [6.07, 6.45) is 0. The van der Waals surface area contributed by atoms with E-state index in [-0.39, 0.29) is 0 Å². The second kappa shape index (κ2) is 4.43. The van der Waals surface area contributed by atoms with Crippen LogP contribution in [-0.4, -0.2) is 15.7 Å². The van der Waals surface area contributed by atoms with E-state index in [4.69, 9.17) is 5.21 Å². The van der Waals surface area contributed by atoms with Gasteiger partial charge in [0.15, 0.2) is 0 Å². The SMILES string of the molecule is Cc1ccc(C)n1-c1ccccc1C(=O)NO. The van der Waals surface area contributed by atoms with Gasteiger partial charge in [-0.2, -0.15) is 0 Å². The molecule has 1 amide bonds. The van der Waals surface area contributed by atoms with Crippen LogP contribution < -0.4 is 5.48 Å². The molecule has 0 saturated carbocycles. The zero-order chi connectivity index (χ0) is 12.4. The van der Waals surface area contributed by atoms with Gasteiger partial charge in [-0.25, -0.2) is 5.48 Å². The number of hydrogen-bond donors (Lipinski definition) is 2. The summed E-state index contributed by atoms with van der Waals surface area (Å²) in [6.45, 7) is 3.95. The van der Waals surface area contributed by atoms with Crippen molar-refractivity contribution in [3.05, 3.63) is 53.3 Å². The van der Waals surface area contributed by atoms with Crippen molar-refractivity contribution in [2.45, 2.75) is 13.8 Å². The first-order valence-electron chi connectivity index (χ1n) is 5.34. The number of aryl methyl sites for hydroxylation is 2. The van der Waals surface area contributed by atoms with Crippen LogP contribution in [0.15, 0.2) is 36.4 Å². The average molecular weight is 230 g/mol. The summed E-state index contributed by atoms with van der Waals surface area (Å²) in [5.41, 5.74) is 4.96. The van der Waals surface area contributed by atoms with Crippen LogP contribution in [0.4, 0.5) is 0 Å². The lowest BCUT2D eigenvalue weighted by Crippen LogP contribution is -2.21. The predicted octanol–water partition coefficient (Wildman–Crippen LogP) is 2.21. The highest BCUT2D eigenvalue weighted by Crippen LogP contribution is 2.20. The Morgan fingerprint density at radius 2 is 1.71 bits per heavy atom. The minimum absolute atomic E-state index is 0.442. The summed E-state index contributed by atoms with van der Waals surface area (Å²) in [6, 6.07) is 11.1. The average Bonchev–Trinajstić information content (AvgIpc) is 2.68. The van der Waals surface area contributed by atoms with Crippen LogP contribution in [0, 0.1) is 13.8 Å². The van der Waals surface area contributed by atoms with Crippen LogP contribution in [-0.2, 0) is 0 Å². The maximum absolute atomic E-state index is 11.6. The van der Waals surface area contributed by atoms with E-state index in [1.165, 1.54) is 0 Å². The maximum Gasteiger partial charge on any atom is 0.276 e. The molecule has 2 aromatic rings. The molecule has 0 radical (unpaired) electrons. The molecule has 0 saturated heterocycles. The highest BCUT2D eigenvalue weighted by molar-refractivity contribution is 5.97. The molecule has 0 aliphatic rings. The molecule has 0 atom stereocenters. The predicted molar refractivity (Wildman–Crippen MR) is 64.5 cm³/mol. The number of rotatable bonds is 2. The third-order valence-corrected chi connectivity index (χ3v) is 2.76. The molecule has 1 aromatic carbocycles. The number of carbonyl (C=O) groups excluding carboxylic acids is 1. The van der Waals surface area contributed by atoms with Crippen molar-refractivity contribution < 1.29 is 10.0 Å². The molecule has 2 rings (SSSR count). The molecule has 0 bridgehead atoms. The van der Waals surface area contributed by atoms with Crippen LogP contribution in [0.1, 0.15) is 21.7 Å². The lowest BCUT2D eigenvalue weighted by molar-refractivity contribution is 0.0706. The number of aromatic nitrogens is 1. The van der Waals surface area contributed by atoms with Crippen molar-refractivity contribution in [2.24, 2.45) is 0 Å². The smallest absolute Gasteiger partial charge is 0.276 e. The largest absolute Gasteiger partial charge is 0.318 e. The van der Waals surface area contributed by atoms with Crippen LogP contribution in [0.5, 0.6) is 0 Å². The van der Waals surface area contributed by atoms with Crippen molar-refractivity contribution in [1.82, 2.24) is 10.0 Å². The van der Waals surface area contributed by atoms with Crippen LogP contribution in [0.25, 0.3) is 5.69 Å². The van der Waals surface area contributed by atoms with Crippen molar-refractivity contribution in [2.75, 3.05) is 0 Å². The minimum Gasteiger partial charge on any atom is -0.318 e. The van der Waals surface area contributed by atoms with E-state index in [2.05, 4.69) is 0 Å². The quantitative estimate of drug-likeness (QED) is 0.614. The van der Waals surface area contributed by atoms with E-state index in [0.717, 1.165) is 17.1 Å². The normalized spacial score (nSPS) is 10.3. The molecular weight excluding hydrogens is 216 g/mol. The van der Waals surface area contributed by atoms with Gasteiger partial charge in [0.2, 0.25) is 0 Å². The molecule has 0 spiro atoms. The van der Waals surface area contributed by atoms with Gasteiger partial charge in [0.25, 0.3) is 5.91 Å². The van der Waals surface area contributed by atoms with E-state index < -0.39 is 5.91 Å². The van der Waals surface area contributed by atoms with Gasteiger partial charge in [-0.15, -0.1) is 0 Å². The lowest BCUT2D eigenvalue weighted by atomic mass is 10.1. The lowest BCUT2D eigenvalue weighted by Gasteiger charge is -2.13.